The van der Waals surface area contributed by atoms with E-state index in [9.17, 15) is 14.8 Å². The maximum absolute atomic E-state index is 11.0. The fourth-order valence-electron chi connectivity index (χ4n) is 0.878. The van der Waals surface area contributed by atoms with Gasteiger partial charge >= 0.3 is 5.91 Å². The highest BCUT2D eigenvalue weighted by molar-refractivity contribution is 6.00. The van der Waals surface area contributed by atoms with E-state index in [1.165, 1.54) is 12.1 Å². The number of carbonyl (C=O) groups is 2. The first-order valence-corrected chi connectivity index (χ1v) is 3.38. The quantitative estimate of drug-likeness (QED) is 0.385. The Kier molecular flexibility index (Phi) is 3.13. The van der Waals surface area contributed by atoms with Crippen molar-refractivity contribution in [1.29, 1.82) is 0 Å². The van der Waals surface area contributed by atoms with Gasteiger partial charge in [-0.1, -0.05) is 28.7 Å². The summed E-state index contributed by atoms with van der Waals surface area (Å²) in [5.74, 6) is -0.863. The maximum atomic E-state index is 11.0. The number of hydroxylamine groups is 1. The van der Waals surface area contributed by atoms with Gasteiger partial charge < -0.3 is 0 Å². The van der Waals surface area contributed by atoms with Crippen molar-refractivity contribution < 1.29 is 19.8 Å². The number of carbonyl (C=O) groups excluding carboxylic acids is 2. The molecule has 0 fully saturated rings. The zero-order chi connectivity index (χ0) is 9.68. The van der Waals surface area contributed by atoms with Crippen molar-refractivity contribution in [2.24, 2.45) is 0 Å². The first-order chi connectivity index (χ1) is 6.29. The predicted octanol–water partition coefficient (Wildman–Crippen LogP) is 0.521. The zero-order valence-electron chi connectivity index (χ0n) is 6.47. The highest BCUT2D eigenvalue weighted by atomic mass is 17.2. The second kappa shape index (κ2) is 4.34. The molecule has 0 saturated carbocycles. The van der Waals surface area contributed by atoms with E-state index in [0.29, 0.717) is 6.29 Å². The molecule has 5 nitrogen and oxygen atoms in total. The lowest BCUT2D eigenvalue weighted by molar-refractivity contribution is -0.338. The summed E-state index contributed by atoms with van der Waals surface area (Å²) in [6.07, 6.45) is 0.507. The van der Waals surface area contributed by atoms with Gasteiger partial charge in [-0.2, -0.15) is 0 Å². The summed E-state index contributed by atoms with van der Waals surface area (Å²) in [7, 11) is 0. The van der Waals surface area contributed by atoms with Crippen LogP contribution in [0, 0.1) is 0 Å². The first kappa shape index (κ1) is 9.37. The minimum Gasteiger partial charge on any atom is -0.298 e. The third kappa shape index (κ3) is 2.11. The second-order valence-electron chi connectivity index (χ2n) is 2.18. The van der Waals surface area contributed by atoms with Crippen molar-refractivity contribution in [2.75, 3.05) is 0 Å². The van der Waals surface area contributed by atoms with Crippen molar-refractivity contribution in [3.05, 3.63) is 35.4 Å². The minimum absolute atomic E-state index is 0.0494. The monoisotopic (exact) mass is 179 g/mol. The van der Waals surface area contributed by atoms with Crippen molar-refractivity contribution in [3.8, 4) is 0 Å². The number of aldehydes is 1. The molecular weight excluding hydrogens is 174 g/mol. The molecule has 0 aromatic heterocycles. The van der Waals surface area contributed by atoms with Gasteiger partial charge in [0.25, 0.3) is 0 Å². The van der Waals surface area contributed by atoms with Gasteiger partial charge in [-0.15, -0.1) is 0 Å². The topological polar surface area (TPSA) is 77.4 Å². The standard InChI is InChI=1S/C8H5NO4/c10-5-6-3-1-2-4-7(6)8(11)9-13-12/h1-5H. The smallest absolute Gasteiger partial charge is 0.298 e. The van der Waals surface area contributed by atoms with Gasteiger partial charge in [-0.05, 0) is 11.3 Å². The molecule has 0 atom stereocenters. The summed E-state index contributed by atoms with van der Waals surface area (Å²) < 4.78 is 0. The van der Waals surface area contributed by atoms with E-state index in [1.54, 1.807) is 12.1 Å². The largest absolute Gasteiger partial charge is 0.303 e. The SMILES string of the molecule is [O]O[N]C(=O)c1ccccc1C=O. The molecule has 1 amide bonds. The lowest BCUT2D eigenvalue weighted by Crippen LogP contribution is -2.15. The van der Waals surface area contributed by atoms with Crippen LogP contribution in [0.25, 0.3) is 0 Å². The molecule has 1 rings (SSSR count). The minimum atomic E-state index is -0.863. The van der Waals surface area contributed by atoms with Crippen LogP contribution in [0.15, 0.2) is 24.3 Å². The third-order valence-electron chi connectivity index (χ3n) is 1.44. The number of rotatable bonds is 3. The average Bonchev–Trinajstić information content (AvgIpc) is 2.18. The molecule has 0 heterocycles. The molecule has 1 aromatic carbocycles. The van der Waals surface area contributed by atoms with Crippen LogP contribution in [0.1, 0.15) is 20.7 Å². The van der Waals surface area contributed by atoms with Crippen molar-refractivity contribution in [1.82, 2.24) is 5.48 Å². The molecular formula is C8H5NO4. The van der Waals surface area contributed by atoms with Crippen LogP contribution in [0.5, 0.6) is 0 Å². The number of hydrogen-bond donors (Lipinski definition) is 0. The molecule has 0 unspecified atom stereocenters. The number of hydrogen-bond acceptors (Lipinski definition) is 3. The Morgan fingerprint density at radius 2 is 2.08 bits per heavy atom. The molecule has 0 saturated heterocycles. The van der Waals surface area contributed by atoms with Gasteiger partial charge in [-0.3, -0.25) is 9.59 Å². The van der Waals surface area contributed by atoms with Gasteiger partial charge in [0.05, 0.1) is 5.56 Å². The average molecular weight is 179 g/mol. The Hall–Kier alpha value is -1.72. The first-order valence-electron chi connectivity index (χ1n) is 3.38. The fraction of sp³-hybridized carbons (Fsp3) is 0. The van der Waals surface area contributed by atoms with Crippen LogP contribution >= 0.6 is 0 Å². The van der Waals surface area contributed by atoms with E-state index >= 15 is 0 Å². The highest BCUT2D eigenvalue weighted by Gasteiger charge is 2.11. The van der Waals surface area contributed by atoms with E-state index in [-0.39, 0.29) is 11.1 Å². The van der Waals surface area contributed by atoms with Gasteiger partial charge in [0, 0.05) is 5.56 Å². The van der Waals surface area contributed by atoms with Crippen LogP contribution in [0.3, 0.4) is 0 Å². The highest BCUT2D eigenvalue weighted by Crippen LogP contribution is 2.05. The van der Waals surface area contributed by atoms with Gasteiger partial charge in [0.1, 0.15) is 0 Å². The van der Waals surface area contributed by atoms with Gasteiger partial charge in [0.2, 0.25) is 0 Å². The number of benzene rings is 1. The van der Waals surface area contributed by atoms with E-state index in [0.717, 1.165) is 0 Å². The normalized spacial score (nSPS) is 9.31. The Bertz CT molecular complexity index is 324. The van der Waals surface area contributed by atoms with Crippen LogP contribution in [-0.2, 0) is 10.2 Å². The molecule has 0 bridgehead atoms. The zero-order valence-corrected chi connectivity index (χ0v) is 6.47. The molecule has 0 aliphatic heterocycles. The summed E-state index contributed by atoms with van der Waals surface area (Å²) in [6.45, 7) is 0. The van der Waals surface area contributed by atoms with Crippen molar-refractivity contribution >= 4 is 12.2 Å². The maximum Gasteiger partial charge on any atom is 0.303 e. The predicted molar refractivity (Wildman–Crippen MR) is 40.1 cm³/mol. The lowest BCUT2D eigenvalue weighted by atomic mass is 10.1. The third-order valence-corrected chi connectivity index (χ3v) is 1.44. The molecule has 5 heteroatoms. The molecule has 0 spiro atoms. The van der Waals surface area contributed by atoms with Gasteiger partial charge in [0.15, 0.2) is 6.29 Å². The molecule has 0 aliphatic rings. The Morgan fingerprint density at radius 3 is 2.69 bits per heavy atom. The second-order valence-corrected chi connectivity index (χ2v) is 2.18. The van der Waals surface area contributed by atoms with Gasteiger partial charge in [-0.25, -0.2) is 0 Å². The summed E-state index contributed by atoms with van der Waals surface area (Å²) in [6, 6.07) is 5.98. The molecule has 2 radical (unpaired) electrons. The van der Waals surface area contributed by atoms with E-state index < -0.39 is 5.91 Å². The fourth-order valence-corrected chi connectivity index (χ4v) is 0.878. The molecule has 1 aromatic rings. The van der Waals surface area contributed by atoms with E-state index in [2.05, 4.69) is 10.5 Å². The Balaban J connectivity index is 2.98. The lowest BCUT2D eigenvalue weighted by Gasteiger charge is -1.98. The van der Waals surface area contributed by atoms with Crippen LogP contribution < -0.4 is 5.48 Å². The summed E-state index contributed by atoms with van der Waals surface area (Å²) in [4.78, 5) is 24.5. The van der Waals surface area contributed by atoms with Crippen molar-refractivity contribution in [3.63, 3.8) is 0 Å². The Morgan fingerprint density at radius 1 is 1.38 bits per heavy atom. The molecule has 0 N–H and O–H groups in total. The Labute approximate surface area is 73.8 Å². The van der Waals surface area contributed by atoms with E-state index in [4.69, 9.17) is 0 Å². The molecule has 0 aliphatic carbocycles. The summed E-state index contributed by atoms with van der Waals surface area (Å²) in [5.41, 5.74) is 2.87. The summed E-state index contributed by atoms with van der Waals surface area (Å²) >= 11 is 0. The number of amides is 1. The van der Waals surface area contributed by atoms with Crippen LogP contribution in [-0.4, -0.2) is 12.2 Å². The van der Waals surface area contributed by atoms with Crippen molar-refractivity contribution in [2.45, 2.75) is 0 Å². The van der Waals surface area contributed by atoms with Crippen LogP contribution in [0.2, 0.25) is 0 Å². The summed E-state index contributed by atoms with van der Waals surface area (Å²) in [5, 5.41) is 9.54. The van der Waals surface area contributed by atoms with Crippen LogP contribution in [0.4, 0.5) is 0 Å². The molecule has 13 heavy (non-hydrogen) atoms. The molecule has 66 valence electrons. The number of nitrogens with zero attached hydrogens (tertiary/aromatic N) is 1. The van der Waals surface area contributed by atoms with E-state index in [1.807, 2.05) is 0 Å².